The Bertz CT molecular complexity index is 771. The average Bonchev–Trinajstić information content (AvgIpc) is 2.96. The van der Waals surface area contributed by atoms with Crippen LogP contribution in [0.2, 0.25) is 0 Å². The van der Waals surface area contributed by atoms with Gasteiger partial charge in [0.1, 0.15) is 0 Å². The summed E-state index contributed by atoms with van der Waals surface area (Å²) in [5, 5.41) is 3.00. The largest absolute Gasteiger partial charge is 0.351 e. The molecular weight excluding hydrogens is 312 g/mol. The van der Waals surface area contributed by atoms with E-state index in [1.807, 2.05) is 55.5 Å². The van der Waals surface area contributed by atoms with Crippen LogP contribution in [0.25, 0.3) is 0 Å². The summed E-state index contributed by atoms with van der Waals surface area (Å²) >= 11 is 0. The molecule has 4 heteroatoms. The van der Waals surface area contributed by atoms with Crippen LogP contribution in [0.1, 0.15) is 29.5 Å². The third-order valence-corrected chi connectivity index (χ3v) is 4.78. The van der Waals surface area contributed by atoms with Crippen molar-refractivity contribution in [2.45, 2.75) is 39.2 Å². The van der Waals surface area contributed by atoms with Crippen LogP contribution < -0.4 is 10.2 Å². The summed E-state index contributed by atoms with van der Waals surface area (Å²) < 4.78 is 0. The average molecular weight is 336 g/mol. The molecule has 1 saturated heterocycles. The summed E-state index contributed by atoms with van der Waals surface area (Å²) in [5.74, 6) is 0.0696. The van der Waals surface area contributed by atoms with Gasteiger partial charge in [0.2, 0.25) is 11.8 Å². The van der Waals surface area contributed by atoms with Gasteiger partial charge in [-0.3, -0.25) is 9.59 Å². The third kappa shape index (κ3) is 4.27. The van der Waals surface area contributed by atoms with Crippen molar-refractivity contribution in [1.82, 2.24) is 5.32 Å². The maximum atomic E-state index is 12.3. The molecule has 0 spiro atoms. The molecule has 0 aromatic heterocycles. The number of anilines is 1. The highest BCUT2D eigenvalue weighted by Gasteiger charge is 2.31. The van der Waals surface area contributed by atoms with Crippen LogP contribution in [0.15, 0.2) is 48.5 Å². The molecule has 1 heterocycles. The molecule has 0 radical (unpaired) electrons. The monoisotopic (exact) mass is 336 g/mol. The van der Waals surface area contributed by atoms with Crippen molar-refractivity contribution in [2.75, 3.05) is 11.4 Å². The number of rotatable bonds is 5. The van der Waals surface area contributed by atoms with E-state index in [1.165, 1.54) is 11.1 Å². The smallest absolute Gasteiger partial charge is 0.229 e. The van der Waals surface area contributed by atoms with E-state index < -0.39 is 0 Å². The van der Waals surface area contributed by atoms with E-state index in [-0.39, 0.29) is 17.9 Å². The van der Waals surface area contributed by atoms with Crippen LogP contribution in [-0.4, -0.2) is 24.4 Å². The second-order valence-electron chi connectivity index (χ2n) is 6.73. The Morgan fingerprint density at radius 1 is 1.12 bits per heavy atom. The molecule has 1 N–H and O–H groups in total. The van der Waals surface area contributed by atoms with Crippen molar-refractivity contribution in [3.05, 3.63) is 65.2 Å². The highest BCUT2D eigenvalue weighted by molar-refractivity contribution is 5.97. The summed E-state index contributed by atoms with van der Waals surface area (Å²) in [6.07, 6.45) is 1.52. The normalized spacial score (nSPS) is 17.0. The Kier molecular flexibility index (Phi) is 5.17. The van der Waals surface area contributed by atoms with Gasteiger partial charge in [-0.15, -0.1) is 0 Å². The van der Waals surface area contributed by atoms with E-state index >= 15 is 0 Å². The predicted octanol–water partition coefficient (Wildman–Crippen LogP) is 3.16. The Morgan fingerprint density at radius 2 is 1.88 bits per heavy atom. The van der Waals surface area contributed by atoms with Gasteiger partial charge in [-0.05, 0) is 49.1 Å². The molecule has 3 rings (SSSR count). The summed E-state index contributed by atoms with van der Waals surface area (Å²) in [6, 6.07) is 15.9. The van der Waals surface area contributed by atoms with Crippen molar-refractivity contribution in [3.8, 4) is 0 Å². The number of aryl methyl sites for hydroxylation is 3. The number of hydrogen-bond acceptors (Lipinski definition) is 2. The van der Waals surface area contributed by atoms with Gasteiger partial charge in [-0.25, -0.2) is 0 Å². The molecule has 1 aliphatic heterocycles. The van der Waals surface area contributed by atoms with E-state index in [0.29, 0.717) is 25.8 Å². The fraction of sp³-hybridized carbons (Fsp3) is 0.333. The molecule has 0 saturated carbocycles. The van der Waals surface area contributed by atoms with E-state index in [9.17, 15) is 9.59 Å². The van der Waals surface area contributed by atoms with Crippen LogP contribution in [0, 0.1) is 13.8 Å². The number of carbonyl (C=O) groups excluding carboxylic acids is 2. The first-order valence-electron chi connectivity index (χ1n) is 8.74. The van der Waals surface area contributed by atoms with Crippen molar-refractivity contribution in [1.29, 1.82) is 0 Å². The number of benzene rings is 2. The predicted molar refractivity (Wildman–Crippen MR) is 99.6 cm³/mol. The summed E-state index contributed by atoms with van der Waals surface area (Å²) in [7, 11) is 0. The number of nitrogens with one attached hydrogen (secondary N) is 1. The zero-order chi connectivity index (χ0) is 17.8. The molecule has 1 aliphatic rings. The van der Waals surface area contributed by atoms with Gasteiger partial charge in [-0.2, -0.15) is 0 Å². The minimum atomic E-state index is -0.114. The Morgan fingerprint density at radius 3 is 2.60 bits per heavy atom. The van der Waals surface area contributed by atoms with Gasteiger partial charge in [-0.1, -0.05) is 36.4 Å². The van der Waals surface area contributed by atoms with Crippen molar-refractivity contribution in [2.24, 2.45) is 0 Å². The van der Waals surface area contributed by atoms with Crippen molar-refractivity contribution >= 4 is 17.5 Å². The van der Waals surface area contributed by atoms with Crippen LogP contribution in [-0.2, 0) is 16.0 Å². The Hall–Kier alpha value is -2.62. The summed E-state index contributed by atoms with van der Waals surface area (Å²) in [6.45, 7) is 4.64. The second-order valence-corrected chi connectivity index (χ2v) is 6.73. The van der Waals surface area contributed by atoms with E-state index in [4.69, 9.17) is 0 Å². The first kappa shape index (κ1) is 17.2. The molecule has 1 atom stereocenters. The molecule has 130 valence electrons. The summed E-state index contributed by atoms with van der Waals surface area (Å²) in [4.78, 5) is 26.3. The topological polar surface area (TPSA) is 49.4 Å². The fourth-order valence-electron chi connectivity index (χ4n) is 3.15. The Labute approximate surface area is 148 Å². The molecule has 2 aromatic rings. The molecule has 0 aliphatic carbocycles. The highest BCUT2D eigenvalue weighted by Crippen LogP contribution is 2.24. The zero-order valence-electron chi connectivity index (χ0n) is 14.8. The first-order valence-corrected chi connectivity index (χ1v) is 8.74. The lowest BCUT2D eigenvalue weighted by Crippen LogP contribution is -2.37. The van der Waals surface area contributed by atoms with Gasteiger partial charge >= 0.3 is 0 Å². The van der Waals surface area contributed by atoms with E-state index in [2.05, 4.69) is 12.2 Å². The molecule has 0 bridgehead atoms. The number of carbonyl (C=O) groups is 2. The molecule has 0 unspecified atom stereocenters. The van der Waals surface area contributed by atoms with E-state index in [1.54, 1.807) is 4.90 Å². The minimum absolute atomic E-state index is 0.00332. The van der Waals surface area contributed by atoms with Crippen LogP contribution in [0.5, 0.6) is 0 Å². The summed E-state index contributed by atoms with van der Waals surface area (Å²) in [5.41, 5.74) is 4.44. The lowest BCUT2D eigenvalue weighted by molar-refractivity contribution is -0.121. The Balaban J connectivity index is 1.55. The van der Waals surface area contributed by atoms with E-state index in [0.717, 1.165) is 11.3 Å². The first-order chi connectivity index (χ1) is 12.0. The lowest BCUT2D eigenvalue weighted by atomic mass is 10.1. The third-order valence-electron chi connectivity index (χ3n) is 4.78. The molecule has 25 heavy (non-hydrogen) atoms. The SMILES string of the molecule is Cc1ccc(N2C[C@H](NC(=O)CCc3ccccc3)CC2=O)cc1C. The van der Waals surface area contributed by atoms with Gasteiger partial charge in [0, 0.05) is 25.1 Å². The van der Waals surface area contributed by atoms with Gasteiger partial charge < -0.3 is 10.2 Å². The van der Waals surface area contributed by atoms with Gasteiger partial charge in [0.25, 0.3) is 0 Å². The molecule has 1 fully saturated rings. The van der Waals surface area contributed by atoms with Crippen LogP contribution >= 0.6 is 0 Å². The highest BCUT2D eigenvalue weighted by atomic mass is 16.2. The molecule has 2 amide bonds. The quantitative estimate of drug-likeness (QED) is 0.912. The molecular formula is C21H24N2O2. The maximum Gasteiger partial charge on any atom is 0.229 e. The lowest BCUT2D eigenvalue weighted by Gasteiger charge is -2.18. The second kappa shape index (κ2) is 7.51. The maximum absolute atomic E-state index is 12.3. The number of hydrogen-bond donors (Lipinski definition) is 1. The van der Waals surface area contributed by atoms with Crippen LogP contribution in [0.3, 0.4) is 0 Å². The van der Waals surface area contributed by atoms with Crippen LogP contribution in [0.4, 0.5) is 5.69 Å². The van der Waals surface area contributed by atoms with Gasteiger partial charge in [0.05, 0.1) is 6.04 Å². The number of nitrogens with zero attached hydrogens (tertiary/aromatic N) is 1. The van der Waals surface area contributed by atoms with Gasteiger partial charge in [0.15, 0.2) is 0 Å². The number of amides is 2. The van der Waals surface area contributed by atoms with Crippen molar-refractivity contribution in [3.63, 3.8) is 0 Å². The fourth-order valence-corrected chi connectivity index (χ4v) is 3.15. The molecule has 4 nitrogen and oxygen atoms in total. The standard InChI is InChI=1S/C21H24N2O2/c1-15-8-10-19(12-16(15)2)23-14-18(13-21(23)25)22-20(24)11-9-17-6-4-3-5-7-17/h3-8,10,12,18H,9,11,13-14H2,1-2H3,(H,22,24)/t18-/m1/s1. The van der Waals surface area contributed by atoms with Crippen molar-refractivity contribution < 1.29 is 9.59 Å². The minimum Gasteiger partial charge on any atom is -0.351 e. The molecule has 2 aromatic carbocycles. The zero-order valence-corrected chi connectivity index (χ0v) is 14.8.